The molecule has 1 aromatic carbocycles. The molecule has 0 atom stereocenters. The van der Waals surface area contributed by atoms with Gasteiger partial charge in [0.25, 0.3) is 10.1 Å². The summed E-state index contributed by atoms with van der Waals surface area (Å²) in [6.07, 6.45) is 2.03. The number of hydrogen-bond donors (Lipinski definition) is 1. The molecule has 0 fully saturated rings. The Labute approximate surface area is 164 Å². The van der Waals surface area contributed by atoms with Gasteiger partial charge >= 0.3 is 0 Å². The Hall–Kier alpha value is -1.15. The molecule has 0 spiro atoms. The van der Waals surface area contributed by atoms with Crippen molar-refractivity contribution in [2.45, 2.75) is 40.5 Å². The van der Waals surface area contributed by atoms with Gasteiger partial charge in [0, 0.05) is 0 Å². The summed E-state index contributed by atoms with van der Waals surface area (Å²) in [5, 5.41) is 0. The normalized spacial score (nSPS) is 12.1. The van der Waals surface area contributed by atoms with Crippen LogP contribution in [0.15, 0.2) is 18.2 Å². The zero-order chi connectivity index (χ0) is 20.3. The molecule has 1 rings (SSSR count). The molecule has 1 aromatic rings. The predicted molar refractivity (Wildman–Crippen MR) is 107 cm³/mol. The van der Waals surface area contributed by atoms with Gasteiger partial charge in [-0.1, -0.05) is 39.8 Å². The first-order valence-electron chi connectivity index (χ1n) is 9.53. The van der Waals surface area contributed by atoms with Crippen LogP contribution in [-0.2, 0) is 32.4 Å². The van der Waals surface area contributed by atoms with Crippen LogP contribution in [0.5, 0.6) is 5.75 Å². The van der Waals surface area contributed by atoms with Crippen molar-refractivity contribution in [1.29, 1.82) is 0 Å². The minimum atomic E-state index is -3.97. The van der Waals surface area contributed by atoms with E-state index in [1.165, 1.54) is 11.1 Å². The van der Waals surface area contributed by atoms with Crippen molar-refractivity contribution in [2.24, 2.45) is 11.8 Å². The highest BCUT2D eigenvalue weighted by atomic mass is 32.2. The zero-order valence-corrected chi connectivity index (χ0v) is 17.8. The van der Waals surface area contributed by atoms with Crippen LogP contribution in [0.3, 0.4) is 0 Å². The Bertz CT molecular complexity index is 640. The SMILES string of the molecule is CC(C)Cc1cccc(OCCOCCOCCS(=O)(=O)O)c1CC(C)C. The van der Waals surface area contributed by atoms with E-state index in [1.54, 1.807) is 0 Å². The standard InChI is InChI=1S/C20H34O6S/c1-16(2)14-18-6-5-7-20(19(18)15-17(3)4)26-11-10-24-8-9-25-12-13-27(21,22)23/h5-7,16-17H,8-15H2,1-4H3,(H,21,22,23). The maximum Gasteiger partial charge on any atom is 0.267 e. The van der Waals surface area contributed by atoms with Crippen molar-refractivity contribution in [2.75, 3.05) is 38.8 Å². The molecule has 0 heterocycles. The van der Waals surface area contributed by atoms with Crippen molar-refractivity contribution in [3.05, 3.63) is 29.3 Å². The van der Waals surface area contributed by atoms with E-state index >= 15 is 0 Å². The van der Waals surface area contributed by atoms with Crippen molar-refractivity contribution in [3.8, 4) is 5.75 Å². The quantitative estimate of drug-likeness (QED) is 0.379. The maximum atomic E-state index is 10.5. The van der Waals surface area contributed by atoms with Crippen LogP contribution in [0.4, 0.5) is 0 Å². The molecule has 0 bridgehead atoms. The fourth-order valence-corrected chi connectivity index (χ4v) is 3.04. The third-order valence-corrected chi connectivity index (χ3v) is 4.50. The second kappa shape index (κ2) is 12.3. The third kappa shape index (κ3) is 11.3. The zero-order valence-electron chi connectivity index (χ0n) is 16.9. The summed E-state index contributed by atoms with van der Waals surface area (Å²) < 4.78 is 46.2. The molecule has 156 valence electrons. The third-order valence-electron chi connectivity index (χ3n) is 3.81. The molecular formula is C20H34O6S. The van der Waals surface area contributed by atoms with Gasteiger partial charge in [-0.15, -0.1) is 0 Å². The summed E-state index contributed by atoms with van der Waals surface area (Å²) in [6.45, 7) is 10.3. The predicted octanol–water partition coefficient (Wildman–Crippen LogP) is 3.38. The number of hydrogen-bond acceptors (Lipinski definition) is 5. The molecule has 0 aliphatic carbocycles. The maximum absolute atomic E-state index is 10.5. The first-order chi connectivity index (χ1) is 12.7. The summed E-state index contributed by atoms with van der Waals surface area (Å²) in [5.74, 6) is 1.67. The van der Waals surface area contributed by atoms with E-state index in [2.05, 4.69) is 33.8 Å². The Balaban J connectivity index is 2.39. The van der Waals surface area contributed by atoms with Gasteiger partial charge in [-0.3, -0.25) is 4.55 Å². The monoisotopic (exact) mass is 402 g/mol. The van der Waals surface area contributed by atoms with Crippen molar-refractivity contribution in [3.63, 3.8) is 0 Å². The van der Waals surface area contributed by atoms with Crippen LogP contribution in [0, 0.1) is 11.8 Å². The summed E-state index contributed by atoms with van der Waals surface area (Å²) in [5.41, 5.74) is 2.64. The second-order valence-electron chi connectivity index (χ2n) is 7.45. The van der Waals surface area contributed by atoms with E-state index in [1.807, 2.05) is 12.1 Å². The fraction of sp³-hybridized carbons (Fsp3) is 0.700. The van der Waals surface area contributed by atoms with E-state index in [-0.39, 0.29) is 13.2 Å². The molecule has 0 saturated heterocycles. The lowest BCUT2D eigenvalue weighted by atomic mass is 9.92. The van der Waals surface area contributed by atoms with Gasteiger partial charge in [-0.05, 0) is 41.9 Å². The second-order valence-corrected chi connectivity index (χ2v) is 9.02. The van der Waals surface area contributed by atoms with Crippen LogP contribution < -0.4 is 4.74 Å². The van der Waals surface area contributed by atoms with Gasteiger partial charge < -0.3 is 14.2 Å². The highest BCUT2D eigenvalue weighted by Crippen LogP contribution is 2.27. The number of benzene rings is 1. The summed E-state index contributed by atoms with van der Waals surface area (Å²) >= 11 is 0. The topological polar surface area (TPSA) is 82.1 Å². The Morgan fingerprint density at radius 1 is 0.889 bits per heavy atom. The molecule has 1 N–H and O–H groups in total. The summed E-state index contributed by atoms with van der Waals surface area (Å²) in [7, 11) is -3.97. The highest BCUT2D eigenvalue weighted by molar-refractivity contribution is 7.85. The molecule has 7 heteroatoms. The van der Waals surface area contributed by atoms with Gasteiger partial charge in [-0.2, -0.15) is 8.42 Å². The number of ether oxygens (including phenoxy) is 3. The van der Waals surface area contributed by atoms with Crippen LogP contribution >= 0.6 is 0 Å². The molecule has 0 saturated carbocycles. The van der Waals surface area contributed by atoms with E-state index in [0.29, 0.717) is 31.7 Å². The largest absolute Gasteiger partial charge is 0.491 e. The molecule has 0 amide bonds. The highest BCUT2D eigenvalue weighted by Gasteiger charge is 2.12. The molecule has 0 unspecified atom stereocenters. The first kappa shape index (κ1) is 23.9. The van der Waals surface area contributed by atoms with Gasteiger partial charge in [0.1, 0.15) is 12.4 Å². The van der Waals surface area contributed by atoms with Crippen LogP contribution in [-0.4, -0.2) is 51.8 Å². The molecule has 0 radical (unpaired) electrons. The summed E-state index contributed by atoms with van der Waals surface area (Å²) in [6, 6.07) is 6.24. The van der Waals surface area contributed by atoms with E-state index in [4.69, 9.17) is 18.8 Å². The van der Waals surface area contributed by atoms with Gasteiger partial charge in [-0.25, -0.2) is 0 Å². The average molecular weight is 403 g/mol. The van der Waals surface area contributed by atoms with Crippen LogP contribution in [0.25, 0.3) is 0 Å². The lowest BCUT2D eigenvalue weighted by Gasteiger charge is -2.18. The van der Waals surface area contributed by atoms with E-state index < -0.39 is 15.9 Å². The molecular weight excluding hydrogens is 368 g/mol. The fourth-order valence-electron chi connectivity index (χ4n) is 2.71. The Morgan fingerprint density at radius 2 is 1.48 bits per heavy atom. The van der Waals surface area contributed by atoms with Gasteiger partial charge in [0.15, 0.2) is 0 Å². The van der Waals surface area contributed by atoms with Crippen molar-refractivity contribution in [1.82, 2.24) is 0 Å². The summed E-state index contributed by atoms with van der Waals surface area (Å²) in [4.78, 5) is 0. The van der Waals surface area contributed by atoms with Gasteiger partial charge in [0.2, 0.25) is 0 Å². The minimum absolute atomic E-state index is 0.0418. The average Bonchev–Trinajstić information content (AvgIpc) is 2.54. The Morgan fingerprint density at radius 3 is 2.07 bits per heavy atom. The Kier molecular flexibility index (Phi) is 10.9. The molecule has 0 aliphatic rings. The van der Waals surface area contributed by atoms with Crippen LogP contribution in [0.2, 0.25) is 0 Å². The van der Waals surface area contributed by atoms with Crippen molar-refractivity contribution < 1.29 is 27.2 Å². The van der Waals surface area contributed by atoms with Crippen molar-refractivity contribution >= 4 is 10.1 Å². The lowest BCUT2D eigenvalue weighted by Crippen LogP contribution is -2.15. The lowest BCUT2D eigenvalue weighted by molar-refractivity contribution is 0.0406. The first-order valence-corrected chi connectivity index (χ1v) is 11.1. The van der Waals surface area contributed by atoms with E-state index in [0.717, 1.165) is 18.6 Å². The number of rotatable bonds is 14. The molecule has 6 nitrogen and oxygen atoms in total. The van der Waals surface area contributed by atoms with Gasteiger partial charge in [0.05, 0.1) is 32.2 Å². The smallest absolute Gasteiger partial charge is 0.267 e. The minimum Gasteiger partial charge on any atom is -0.491 e. The molecule has 27 heavy (non-hydrogen) atoms. The molecule has 0 aromatic heterocycles. The van der Waals surface area contributed by atoms with E-state index in [9.17, 15) is 8.42 Å². The molecule has 0 aliphatic heterocycles. The van der Waals surface area contributed by atoms with Crippen LogP contribution in [0.1, 0.15) is 38.8 Å².